The Morgan fingerprint density at radius 2 is 2.23 bits per heavy atom. The summed E-state index contributed by atoms with van der Waals surface area (Å²) in [6.45, 7) is 3.66. The Morgan fingerprint density at radius 1 is 1.50 bits per heavy atom. The van der Waals surface area contributed by atoms with Gasteiger partial charge in [0.25, 0.3) is 5.91 Å². The molecule has 3 rings (SSSR count). The number of amidine groups is 1. The molecule has 1 aromatic carbocycles. The number of nitrogens with one attached hydrogen (secondary N) is 1. The van der Waals surface area contributed by atoms with E-state index in [9.17, 15) is 9.18 Å². The second-order valence-electron chi connectivity index (χ2n) is 6.34. The minimum Gasteiger partial charge on any atom is -0.379 e. The lowest BCUT2D eigenvalue weighted by Crippen LogP contribution is -2.30. The summed E-state index contributed by atoms with van der Waals surface area (Å²) in [4.78, 5) is 17.1. The molecular weight excluding hydrogens is 421 g/mol. The van der Waals surface area contributed by atoms with Crippen LogP contribution in [-0.2, 0) is 12.6 Å². The molecule has 9 heteroatoms. The number of aliphatic imine (C=N–C) groups is 1. The first kappa shape index (κ1) is 18.9. The molecule has 1 aromatic heterocycles. The Morgan fingerprint density at radius 3 is 2.85 bits per heavy atom. The fraction of sp³-hybridized carbons (Fsp3) is 0.353. The van der Waals surface area contributed by atoms with Gasteiger partial charge in [0, 0.05) is 24.1 Å². The quantitative estimate of drug-likeness (QED) is 0.765. The van der Waals surface area contributed by atoms with Crippen LogP contribution in [0.15, 0.2) is 27.7 Å². The average molecular weight is 440 g/mol. The van der Waals surface area contributed by atoms with Crippen molar-refractivity contribution in [3.05, 3.63) is 45.4 Å². The first-order valence-electron chi connectivity index (χ1n) is 8.00. The third-order valence-corrected chi connectivity index (χ3v) is 6.11. The van der Waals surface area contributed by atoms with Crippen LogP contribution in [0.3, 0.4) is 0 Å². The van der Waals surface area contributed by atoms with Crippen molar-refractivity contribution >= 4 is 44.5 Å². The molecule has 138 valence electrons. The van der Waals surface area contributed by atoms with Gasteiger partial charge in [-0.1, -0.05) is 11.8 Å². The summed E-state index contributed by atoms with van der Waals surface area (Å²) in [7, 11) is 1.70. The third-order valence-electron chi connectivity index (χ3n) is 4.36. The number of thioether (sulfide) groups is 1. The van der Waals surface area contributed by atoms with Gasteiger partial charge in [0.2, 0.25) is 0 Å². The Labute approximate surface area is 163 Å². The topological polar surface area (TPSA) is 85.3 Å². The zero-order valence-corrected chi connectivity index (χ0v) is 17.0. The molecule has 0 bridgehead atoms. The highest BCUT2D eigenvalue weighted by Crippen LogP contribution is 2.37. The van der Waals surface area contributed by atoms with Crippen LogP contribution in [0.4, 0.5) is 10.1 Å². The van der Waals surface area contributed by atoms with E-state index < -0.39 is 5.54 Å². The number of rotatable bonds is 3. The van der Waals surface area contributed by atoms with E-state index in [1.165, 1.54) is 28.6 Å². The molecule has 26 heavy (non-hydrogen) atoms. The summed E-state index contributed by atoms with van der Waals surface area (Å²) in [6.07, 6.45) is 0.666. The highest BCUT2D eigenvalue weighted by Gasteiger charge is 2.32. The van der Waals surface area contributed by atoms with Gasteiger partial charge < -0.3 is 11.1 Å². The number of hydrogen-bond acceptors (Lipinski definition) is 5. The fourth-order valence-corrected chi connectivity index (χ4v) is 4.46. The molecule has 0 spiro atoms. The van der Waals surface area contributed by atoms with E-state index in [0.717, 1.165) is 11.4 Å². The van der Waals surface area contributed by atoms with Crippen molar-refractivity contribution in [1.29, 1.82) is 0 Å². The van der Waals surface area contributed by atoms with E-state index in [4.69, 9.17) is 5.73 Å². The van der Waals surface area contributed by atoms with Crippen molar-refractivity contribution in [1.82, 2.24) is 9.78 Å². The molecule has 2 aromatic rings. The molecule has 6 nitrogen and oxygen atoms in total. The Balaban J connectivity index is 1.93. The Hall–Kier alpha value is -1.87. The van der Waals surface area contributed by atoms with E-state index in [1.54, 1.807) is 20.0 Å². The number of aromatic nitrogens is 2. The van der Waals surface area contributed by atoms with Crippen molar-refractivity contribution in [3.8, 4) is 0 Å². The van der Waals surface area contributed by atoms with Crippen molar-refractivity contribution in [2.75, 3.05) is 11.1 Å². The number of halogens is 2. The first-order valence-corrected chi connectivity index (χ1v) is 9.78. The minimum absolute atomic E-state index is 0.329. The molecule has 0 aliphatic carbocycles. The standard InChI is InChI=1S/C17H19BrFN5OS/c1-9-13(18)14(24(3)23-9)15(25)21-10-4-5-12(19)11(8-10)17(2)6-7-26-16(20)22-17/h4-5,8H,6-7H2,1-3H3,(H2,20,22)(H,21,25). The molecule has 2 heterocycles. The molecule has 1 unspecified atom stereocenters. The number of amides is 1. The second kappa shape index (κ2) is 7.03. The van der Waals surface area contributed by atoms with Crippen LogP contribution in [0.1, 0.15) is 35.1 Å². The highest BCUT2D eigenvalue weighted by molar-refractivity contribution is 9.10. The van der Waals surface area contributed by atoms with Crippen molar-refractivity contribution in [2.45, 2.75) is 25.8 Å². The summed E-state index contributed by atoms with van der Waals surface area (Å²) in [5, 5.41) is 7.47. The number of hydrogen-bond donors (Lipinski definition) is 2. The molecule has 0 fully saturated rings. The SMILES string of the molecule is Cc1nn(C)c(C(=O)Nc2ccc(F)c(C3(C)CCSC(N)=N3)c2)c1Br. The van der Waals surface area contributed by atoms with Crippen molar-refractivity contribution in [3.63, 3.8) is 0 Å². The third kappa shape index (κ3) is 3.50. The van der Waals surface area contributed by atoms with Crippen LogP contribution in [0, 0.1) is 12.7 Å². The smallest absolute Gasteiger partial charge is 0.275 e. The van der Waals surface area contributed by atoms with Crippen LogP contribution in [0.25, 0.3) is 0 Å². The maximum absolute atomic E-state index is 14.5. The molecule has 1 aliphatic rings. The van der Waals surface area contributed by atoms with Gasteiger partial charge in [-0.25, -0.2) is 4.39 Å². The van der Waals surface area contributed by atoms with E-state index in [1.807, 2.05) is 6.92 Å². The summed E-state index contributed by atoms with van der Waals surface area (Å²) in [6, 6.07) is 4.49. The molecule has 0 radical (unpaired) electrons. The molecule has 0 saturated carbocycles. The van der Waals surface area contributed by atoms with Crippen LogP contribution in [0.2, 0.25) is 0 Å². The predicted molar refractivity (Wildman–Crippen MR) is 106 cm³/mol. The molecule has 1 atom stereocenters. The number of carbonyl (C=O) groups excluding carboxylic acids is 1. The van der Waals surface area contributed by atoms with Gasteiger partial charge in [0.15, 0.2) is 5.17 Å². The van der Waals surface area contributed by atoms with Gasteiger partial charge >= 0.3 is 0 Å². The Bertz CT molecular complexity index is 913. The van der Waals surface area contributed by atoms with Gasteiger partial charge in [-0.05, 0) is 54.4 Å². The van der Waals surface area contributed by atoms with Gasteiger partial charge in [-0.15, -0.1) is 0 Å². The van der Waals surface area contributed by atoms with Crippen molar-refractivity contribution < 1.29 is 9.18 Å². The first-order chi connectivity index (χ1) is 12.2. The lowest BCUT2D eigenvalue weighted by molar-refractivity contribution is 0.101. The zero-order valence-electron chi connectivity index (χ0n) is 14.6. The monoisotopic (exact) mass is 439 g/mol. The van der Waals surface area contributed by atoms with E-state index in [0.29, 0.717) is 33.0 Å². The van der Waals surface area contributed by atoms with E-state index >= 15 is 0 Å². The number of nitrogens with two attached hydrogens (primary N) is 1. The van der Waals surface area contributed by atoms with Gasteiger partial charge in [0.1, 0.15) is 11.5 Å². The van der Waals surface area contributed by atoms with E-state index in [-0.39, 0.29) is 11.7 Å². The van der Waals surface area contributed by atoms with Gasteiger partial charge in [0.05, 0.1) is 15.7 Å². The number of nitrogens with zero attached hydrogens (tertiary/aromatic N) is 3. The van der Waals surface area contributed by atoms with E-state index in [2.05, 4.69) is 31.3 Å². The summed E-state index contributed by atoms with van der Waals surface area (Å²) >= 11 is 4.84. The summed E-state index contributed by atoms with van der Waals surface area (Å²) in [5.41, 5.74) is 7.11. The fourth-order valence-electron chi connectivity index (χ4n) is 2.97. The highest BCUT2D eigenvalue weighted by atomic mass is 79.9. The summed E-state index contributed by atoms with van der Waals surface area (Å²) in [5.74, 6) is 0.0692. The van der Waals surface area contributed by atoms with Gasteiger partial charge in [-0.2, -0.15) is 5.10 Å². The second-order valence-corrected chi connectivity index (χ2v) is 8.25. The lowest BCUT2D eigenvalue weighted by atomic mass is 9.89. The Kier molecular flexibility index (Phi) is 5.12. The average Bonchev–Trinajstić information content (AvgIpc) is 2.81. The maximum atomic E-state index is 14.5. The number of anilines is 1. The largest absolute Gasteiger partial charge is 0.379 e. The van der Waals surface area contributed by atoms with Crippen LogP contribution < -0.4 is 11.1 Å². The minimum atomic E-state index is -0.746. The molecule has 1 amide bonds. The lowest BCUT2D eigenvalue weighted by Gasteiger charge is -2.30. The molecule has 3 N–H and O–H groups in total. The number of carbonyl (C=O) groups is 1. The van der Waals surface area contributed by atoms with Crippen LogP contribution >= 0.6 is 27.7 Å². The molecule has 1 aliphatic heterocycles. The van der Waals surface area contributed by atoms with Gasteiger partial charge in [-0.3, -0.25) is 14.5 Å². The van der Waals surface area contributed by atoms with Crippen LogP contribution in [0.5, 0.6) is 0 Å². The summed E-state index contributed by atoms with van der Waals surface area (Å²) < 4.78 is 16.6. The normalized spacial score (nSPS) is 20.0. The maximum Gasteiger partial charge on any atom is 0.275 e. The zero-order chi connectivity index (χ0) is 19.1. The number of aryl methyl sites for hydroxylation is 2. The predicted octanol–water partition coefficient (Wildman–Crippen LogP) is 3.55. The van der Waals surface area contributed by atoms with Crippen LogP contribution in [-0.4, -0.2) is 26.6 Å². The molecule has 0 saturated heterocycles. The molecular formula is C17H19BrFN5OS. The number of benzene rings is 1. The van der Waals surface area contributed by atoms with Crippen molar-refractivity contribution in [2.24, 2.45) is 17.8 Å².